The predicted octanol–water partition coefficient (Wildman–Crippen LogP) is 2.19. The van der Waals surface area contributed by atoms with Crippen molar-refractivity contribution in [3.63, 3.8) is 0 Å². The number of anilines is 2. The minimum Gasteiger partial charge on any atom is -0.307 e. The van der Waals surface area contributed by atoms with Gasteiger partial charge in [-0.05, 0) is 50.6 Å². The minimum absolute atomic E-state index is 0.0960. The second-order valence-electron chi connectivity index (χ2n) is 8.39. The molecular weight excluding hydrogens is 422 g/mol. The second-order valence-corrected chi connectivity index (χ2v) is 8.39. The number of hydrazine groups is 1. The van der Waals surface area contributed by atoms with E-state index in [9.17, 15) is 19.2 Å². The molecule has 172 valence electrons. The molecule has 2 aromatic carbocycles. The maximum absolute atomic E-state index is 13.1. The standard InChI is InChI=1S/C24H27N5O4/c1-16-9-11-19(12-10-16)29-21(30)14-20(23(29)32)28-13-5-6-17(15-28)22(31)26-27-24(33)25-18-7-3-2-4-8-18/h2-4,7-12,17,20H,5-6,13-15H2,1H3,(H,26,31)(H2,25,27,33)/t17-,20-/m0/s1. The largest absolute Gasteiger partial charge is 0.337 e. The van der Waals surface area contributed by atoms with Crippen molar-refractivity contribution in [2.24, 2.45) is 5.92 Å². The van der Waals surface area contributed by atoms with E-state index < -0.39 is 18.0 Å². The highest BCUT2D eigenvalue weighted by molar-refractivity contribution is 6.22. The van der Waals surface area contributed by atoms with E-state index in [0.717, 1.165) is 12.0 Å². The number of hydrogen-bond acceptors (Lipinski definition) is 5. The zero-order chi connectivity index (χ0) is 23.4. The summed E-state index contributed by atoms with van der Waals surface area (Å²) in [6.07, 6.45) is 1.45. The number of hydrogen-bond donors (Lipinski definition) is 3. The van der Waals surface area contributed by atoms with Crippen LogP contribution < -0.4 is 21.1 Å². The first-order valence-electron chi connectivity index (χ1n) is 11.0. The van der Waals surface area contributed by atoms with Crippen LogP contribution >= 0.6 is 0 Å². The number of likely N-dealkylation sites (tertiary alicyclic amines) is 1. The van der Waals surface area contributed by atoms with Gasteiger partial charge in [-0.15, -0.1) is 0 Å². The second kappa shape index (κ2) is 9.83. The molecule has 5 amide bonds. The van der Waals surface area contributed by atoms with Crippen molar-refractivity contribution in [3.05, 3.63) is 60.2 Å². The van der Waals surface area contributed by atoms with Gasteiger partial charge in [-0.1, -0.05) is 35.9 Å². The summed E-state index contributed by atoms with van der Waals surface area (Å²) in [5.74, 6) is -1.22. The van der Waals surface area contributed by atoms with Crippen molar-refractivity contribution in [2.45, 2.75) is 32.2 Å². The summed E-state index contributed by atoms with van der Waals surface area (Å²) in [6.45, 7) is 2.93. The molecule has 0 aromatic heterocycles. The van der Waals surface area contributed by atoms with E-state index in [-0.39, 0.29) is 24.1 Å². The third-order valence-corrected chi connectivity index (χ3v) is 6.01. The van der Waals surface area contributed by atoms with Gasteiger partial charge in [0.2, 0.25) is 11.8 Å². The Morgan fingerprint density at radius 2 is 1.70 bits per heavy atom. The number of nitrogens with one attached hydrogen (secondary N) is 3. The molecule has 4 rings (SSSR count). The molecule has 2 aliphatic heterocycles. The van der Waals surface area contributed by atoms with Crippen molar-refractivity contribution >= 4 is 35.1 Å². The lowest BCUT2D eigenvalue weighted by Gasteiger charge is -2.34. The fourth-order valence-electron chi connectivity index (χ4n) is 4.27. The fraction of sp³-hybridized carbons (Fsp3) is 0.333. The Morgan fingerprint density at radius 1 is 0.970 bits per heavy atom. The van der Waals surface area contributed by atoms with Gasteiger partial charge in [0.1, 0.15) is 0 Å². The minimum atomic E-state index is -0.580. The number of para-hydroxylation sites is 1. The highest BCUT2D eigenvalue weighted by Gasteiger charge is 2.44. The molecule has 2 saturated heterocycles. The average molecular weight is 450 g/mol. The van der Waals surface area contributed by atoms with Crippen molar-refractivity contribution in [2.75, 3.05) is 23.3 Å². The van der Waals surface area contributed by atoms with Gasteiger partial charge in [0, 0.05) is 12.2 Å². The van der Waals surface area contributed by atoms with Crippen LogP contribution in [0.5, 0.6) is 0 Å². The van der Waals surface area contributed by atoms with Crippen LogP contribution in [0.4, 0.5) is 16.2 Å². The first kappa shape index (κ1) is 22.5. The molecular formula is C24H27N5O4. The molecule has 0 radical (unpaired) electrons. The number of benzene rings is 2. The van der Waals surface area contributed by atoms with Crippen LogP contribution in [0.3, 0.4) is 0 Å². The van der Waals surface area contributed by atoms with E-state index in [4.69, 9.17) is 0 Å². The Balaban J connectivity index is 1.32. The summed E-state index contributed by atoms with van der Waals surface area (Å²) in [6, 6.07) is 15.0. The van der Waals surface area contributed by atoms with E-state index in [0.29, 0.717) is 30.9 Å². The molecule has 0 saturated carbocycles. The molecule has 2 aromatic rings. The van der Waals surface area contributed by atoms with Gasteiger partial charge in [-0.25, -0.2) is 15.1 Å². The monoisotopic (exact) mass is 449 g/mol. The molecule has 2 heterocycles. The van der Waals surface area contributed by atoms with Crippen molar-refractivity contribution < 1.29 is 19.2 Å². The van der Waals surface area contributed by atoms with Gasteiger partial charge < -0.3 is 5.32 Å². The molecule has 2 fully saturated rings. The van der Waals surface area contributed by atoms with Crippen LogP contribution in [0.2, 0.25) is 0 Å². The smallest absolute Gasteiger partial charge is 0.307 e. The molecule has 0 bridgehead atoms. The van der Waals surface area contributed by atoms with Gasteiger partial charge in [-0.2, -0.15) is 0 Å². The zero-order valence-electron chi connectivity index (χ0n) is 18.4. The summed E-state index contributed by atoms with van der Waals surface area (Å²) in [4.78, 5) is 53.5. The molecule has 33 heavy (non-hydrogen) atoms. The van der Waals surface area contributed by atoms with Crippen molar-refractivity contribution in [1.82, 2.24) is 15.8 Å². The third kappa shape index (κ3) is 5.20. The topological polar surface area (TPSA) is 111 Å². The zero-order valence-corrected chi connectivity index (χ0v) is 18.4. The quantitative estimate of drug-likeness (QED) is 0.490. The fourth-order valence-corrected chi connectivity index (χ4v) is 4.27. The van der Waals surface area contributed by atoms with E-state index in [2.05, 4.69) is 16.2 Å². The van der Waals surface area contributed by atoms with Crippen molar-refractivity contribution in [1.29, 1.82) is 0 Å². The number of rotatable bonds is 4. The Labute approximate surface area is 192 Å². The first-order chi connectivity index (χ1) is 15.9. The maximum Gasteiger partial charge on any atom is 0.337 e. The summed E-state index contributed by atoms with van der Waals surface area (Å²) >= 11 is 0. The molecule has 9 nitrogen and oxygen atoms in total. The number of amides is 5. The first-order valence-corrected chi connectivity index (χ1v) is 11.0. The van der Waals surface area contributed by atoms with Gasteiger partial charge >= 0.3 is 6.03 Å². The number of imide groups is 1. The van der Waals surface area contributed by atoms with Crippen LogP contribution in [-0.4, -0.2) is 47.8 Å². The summed E-state index contributed by atoms with van der Waals surface area (Å²) in [5.41, 5.74) is 7.04. The molecule has 0 spiro atoms. The van der Waals surface area contributed by atoms with Gasteiger partial charge in [0.05, 0.1) is 24.1 Å². The molecule has 0 unspecified atom stereocenters. The number of aryl methyl sites for hydroxylation is 1. The average Bonchev–Trinajstić information content (AvgIpc) is 3.12. The normalized spacial score (nSPS) is 21.1. The van der Waals surface area contributed by atoms with E-state index in [1.807, 2.05) is 30.0 Å². The number of carbonyl (C=O) groups excluding carboxylic acids is 4. The Morgan fingerprint density at radius 3 is 2.42 bits per heavy atom. The van der Waals surface area contributed by atoms with E-state index >= 15 is 0 Å². The Bertz CT molecular complexity index is 1040. The van der Waals surface area contributed by atoms with Crippen LogP contribution in [0.1, 0.15) is 24.8 Å². The molecule has 0 aliphatic carbocycles. The lowest BCUT2D eigenvalue weighted by atomic mass is 9.95. The summed E-state index contributed by atoms with van der Waals surface area (Å²) in [5, 5.41) is 2.63. The number of urea groups is 1. The molecule has 2 atom stereocenters. The number of nitrogens with zero attached hydrogens (tertiary/aromatic N) is 2. The van der Waals surface area contributed by atoms with Gasteiger partial charge in [-0.3, -0.25) is 24.7 Å². The molecule has 3 N–H and O–H groups in total. The Kier molecular flexibility index (Phi) is 6.69. The van der Waals surface area contributed by atoms with Gasteiger partial charge in [0.15, 0.2) is 0 Å². The summed E-state index contributed by atoms with van der Waals surface area (Å²) < 4.78 is 0. The van der Waals surface area contributed by atoms with Gasteiger partial charge in [0.25, 0.3) is 5.91 Å². The predicted molar refractivity (Wildman–Crippen MR) is 123 cm³/mol. The molecule has 2 aliphatic rings. The van der Waals surface area contributed by atoms with E-state index in [1.165, 1.54) is 4.90 Å². The van der Waals surface area contributed by atoms with Crippen molar-refractivity contribution in [3.8, 4) is 0 Å². The highest BCUT2D eigenvalue weighted by atomic mass is 16.2. The summed E-state index contributed by atoms with van der Waals surface area (Å²) in [7, 11) is 0. The van der Waals surface area contributed by atoms with E-state index in [1.54, 1.807) is 36.4 Å². The van der Waals surface area contributed by atoms with Crippen LogP contribution in [0.25, 0.3) is 0 Å². The highest BCUT2D eigenvalue weighted by Crippen LogP contribution is 2.29. The number of piperidine rings is 1. The maximum atomic E-state index is 13.1. The number of carbonyl (C=O) groups is 4. The lowest BCUT2D eigenvalue weighted by Crippen LogP contribution is -2.52. The van der Waals surface area contributed by atoms with Crippen LogP contribution in [-0.2, 0) is 14.4 Å². The lowest BCUT2D eigenvalue weighted by molar-refractivity contribution is -0.130. The van der Waals surface area contributed by atoms with Crippen LogP contribution in [0, 0.1) is 12.8 Å². The Hall–Kier alpha value is -3.72. The third-order valence-electron chi connectivity index (χ3n) is 6.01. The SMILES string of the molecule is Cc1ccc(N2C(=O)C[C@H](N3CCC[C@H](C(=O)NNC(=O)Nc4ccccc4)C3)C2=O)cc1. The molecule has 9 heteroatoms. The van der Waals surface area contributed by atoms with Crippen LogP contribution in [0.15, 0.2) is 54.6 Å².